The monoisotopic (exact) mass is 310 g/mol. The van der Waals surface area contributed by atoms with Crippen molar-refractivity contribution in [3.63, 3.8) is 0 Å². The molecular weight excluding hydrogens is 296 g/mol. The van der Waals surface area contributed by atoms with E-state index in [1.165, 1.54) is 0 Å². The van der Waals surface area contributed by atoms with E-state index in [0.717, 1.165) is 0 Å². The average molecular weight is 310 g/mol. The van der Waals surface area contributed by atoms with Crippen LogP contribution in [-0.2, 0) is 9.47 Å². The maximum Gasteiger partial charge on any atom is 0.338 e. The zero-order chi connectivity index (χ0) is 16.1. The van der Waals surface area contributed by atoms with Gasteiger partial charge in [0.2, 0.25) is 0 Å². The summed E-state index contributed by atoms with van der Waals surface area (Å²) in [7, 11) is 0. The summed E-state index contributed by atoms with van der Waals surface area (Å²) in [6.45, 7) is -0.106. The Kier molecular flexibility index (Phi) is 4.14. The highest BCUT2D eigenvalue weighted by Crippen LogP contribution is 2.29. The van der Waals surface area contributed by atoms with E-state index in [1.807, 2.05) is 12.1 Å². The molecule has 0 aromatic heterocycles. The molecule has 0 saturated heterocycles. The first-order chi connectivity index (χ1) is 11.2. The Hall–Kier alpha value is -3.02. The molecule has 3 rings (SSSR count). The Morgan fingerprint density at radius 1 is 0.739 bits per heavy atom. The molecular formula is C17H14N2O4. The van der Waals surface area contributed by atoms with Crippen molar-refractivity contribution in [2.75, 3.05) is 13.2 Å². The lowest BCUT2D eigenvalue weighted by Gasteiger charge is -2.12. The third-order valence-corrected chi connectivity index (χ3v) is 3.27. The predicted octanol–water partition coefficient (Wildman–Crippen LogP) is 2.86. The molecule has 0 saturated carbocycles. The van der Waals surface area contributed by atoms with Crippen LogP contribution in [-0.4, -0.2) is 30.8 Å². The number of hydrogen-bond donors (Lipinski definition) is 0. The first-order valence-electron chi connectivity index (χ1n) is 7.07. The van der Waals surface area contributed by atoms with Crippen LogP contribution in [0.3, 0.4) is 0 Å². The van der Waals surface area contributed by atoms with Gasteiger partial charge in [0.15, 0.2) is 0 Å². The fourth-order valence-electron chi connectivity index (χ4n) is 1.91. The summed E-state index contributed by atoms with van der Waals surface area (Å²) in [6.07, 6.45) is 0. The van der Waals surface area contributed by atoms with Gasteiger partial charge in [-0.05, 0) is 24.3 Å². The molecule has 1 heterocycles. The minimum absolute atomic E-state index is 0.0528. The molecule has 2 aromatic rings. The van der Waals surface area contributed by atoms with E-state index in [4.69, 9.17) is 9.47 Å². The second kappa shape index (κ2) is 6.39. The van der Waals surface area contributed by atoms with Crippen LogP contribution in [0.25, 0.3) is 0 Å². The molecule has 6 heteroatoms. The van der Waals surface area contributed by atoms with Gasteiger partial charge in [-0.15, -0.1) is 0 Å². The molecule has 0 fully saturated rings. The first-order valence-corrected chi connectivity index (χ1v) is 7.07. The molecule has 0 atom stereocenters. The second-order valence-electron chi connectivity index (χ2n) is 5.07. The van der Waals surface area contributed by atoms with Crippen LogP contribution >= 0.6 is 0 Å². The molecule has 1 aliphatic heterocycles. The normalized spacial score (nSPS) is 14.1. The third kappa shape index (κ3) is 3.79. The van der Waals surface area contributed by atoms with E-state index >= 15 is 0 Å². The van der Waals surface area contributed by atoms with Gasteiger partial charge >= 0.3 is 11.9 Å². The topological polar surface area (TPSA) is 77.3 Å². The minimum Gasteiger partial charge on any atom is -0.457 e. The fraction of sp³-hybridized carbons (Fsp3) is 0.176. The van der Waals surface area contributed by atoms with Crippen LogP contribution in [0.4, 0.5) is 0 Å². The van der Waals surface area contributed by atoms with Gasteiger partial charge in [0.1, 0.15) is 13.2 Å². The van der Waals surface area contributed by atoms with Crippen molar-refractivity contribution in [3.8, 4) is 0 Å². The number of nitrogens with zero attached hydrogens (tertiary/aromatic N) is 2. The van der Waals surface area contributed by atoms with Crippen molar-refractivity contribution >= 4 is 11.9 Å². The molecule has 0 unspecified atom stereocenters. The lowest BCUT2D eigenvalue weighted by Crippen LogP contribution is -2.29. The Bertz CT molecular complexity index is 665. The van der Waals surface area contributed by atoms with Crippen molar-refractivity contribution in [1.82, 2.24) is 0 Å². The summed E-state index contributed by atoms with van der Waals surface area (Å²) in [5, 5.41) is 7.67. The van der Waals surface area contributed by atoms with Gasteiger partial charge in [-0.1, -0.05) is 36.4 Å². The standard InChI is InChI=1S/C17H14N2O4/c20-15(13-7-3-1-4-8-13)22-11-17(18-19-17)12-23-16(21)14-9-5-2-6-10-14/h1-10H,11-12H2. The SMILES string of the molecule is O=C(OCC1(COC(=O)c2ccccc2)N=N1)c1ccccc1. The summed E-state index contributed by atoms with van der Waals surface area (Å²) >= 11 is 0. The molecule has 6 nitrogen and oxygen atoms in total. The Morgan fingerprint density at radius 3 is 1.48 bits per heavy atom. The van der Waals surface area contributed by atoms with Crippen LogP contribution in [0, 0.1) is 0 Å². The van der Waals surface area contributed by atoms with E-state index in [0.29, 0.717) is 11.1 Å². The van der Waals surface area contributed by atoms with E-state index in [1.54, 1.807) is 48.5 Å². The first kappa shape index (κ1) is 14.9. The minimum atomic E-state index is -0.963. The summed E-state index contributed by atoms with van der Waals surface area (Å²) < 4.78 is 10.4. The van der Waals surface area contributed by atoms with Gasteiger partial charge in [-0.3, -0.25) is 0 Å². The van der Waals surface area contributed by atoms with E-state index in [2.05, 4.69) is 10.2 Å². The van der Waals surface area contributed by atoms with E-state index in [-0.39, 0.29) is 13.2 Å². The maximum absolute atomic E-state index is 11.9. The van der Waals surface area contributed by atoms with Gasteiger partial charge < -0.3 is 9.47 Å². The van der Waals surface area contributed by atoms with Crippen LogP contribution in [0.2, 0.25) is 0 Å². The summed E-state index contributed by atoms with van der Waals surface area (Å²) in [5.74, 6) is -0.923. The highest BCUT2D eigenvalue weighted by Gasteiger charge is 2.43. The van der Waals surface area contributed by atoms with Crippen molar-refractivity contribution in [2.45, 2.75) is 5.66 Å². The van der Waals surface area contributed by atoms with Gasteiger partial charge in [-0.2, -0.15) is 10.2 Å². The molecule has 1 aliphatic rings. The van der Waals surface area contributed by atoms with Crippen molar-refractivity contribution in [3.05, 3.63) is 71.8 Å². The molecule has 116 valence electrons. The Balaban J connectivity index is 1.49. The predicted molar refractivity (Wildman–Crippen MR) is 81.0 cm³/mol. The average Bonchev–Trinajstić information content (AvgIpc) is 3.39. The smallest absolute Gasteiger partial charge is 0.338 e. The van der Waals surface area contributed by atoms with Crippen LogP contribution in [0.15, 0.2) is 70.9 Å². The number of carbonyl (C=O) groups is 2. The molecule has 0 bridgehead atoms. The lowest BCUT2D eigenvalue weighted by molar-refractivity contribution is 0.0301. The van der Waals surface area contributed by atoms with E-state index in [9.17, 15) is 9.59 Å². The van der Waals surface area contributed by atoms with E-state index < -0.39 is 17.6 Å². The Morgan fingerprint density at radius 2 is 1.13 bits per heavy atom. The molecule has 0 radical (unpaired) electrons. The van der Waals surface area contributed by atoms with Crippen molar-refractivity contribution in [1.29, 1.82) is 0 Å². The second-order valence-corrected chi connectivity index (χ2v) is 5.07. The van der Waals surface area contributed by atoms with Crippen LogP contribution < -0.4 is 0 Å². The fourth-order valence-corrected chi connectivity index (χ4v) is 1.91. The number of hydrogen-bond acceptors (Lipinski definition) is 6. The highest BCUT2D eigenvalue weighted by molar-refractivity contribution is 5.90. The summed E-state index contributed by atoms with van der Waals surface area (Å²) in [5.41, 5.74) is -0.0660. The third-order valence-electron chi connectivity index (χ3n) is 3.27. The van der Waals surface area contributed by atoms with Gasteiger partial charge in [0.25, 0.3) is 5.66 Å². The summed E-state index contributed by atoms with van der Waals surface area (Å²) in [6, 6.07) is 17.3. The molecule has 2 aromatic carbocycles. The number of rotatable bonds is 6. The number of ether oxygens (including phenoxy) is 2. The number of esters is 2. The molecule has 0 aliphatic carbocycles. The molecule has 0 N–H and O–H groups in total. The maximum atomic E-state index is 11.9. The molecule has 23 heavy (non-hydrogen) atoms. The molecule has 0 spiro atoms. The highest BCUT2D eigenvalue weighted by atomic mass is 16.6. The largest absolute Gasteiger partial charge is 0.457 e. The van der Waals surface area contributed by atoms with Crippen LogP contribution in [0.1, 0.15) is 20.7 Å². The summed E-state index contributed by atoms with van der Waals surface area (Å²) in [4.78, 5) is 23.7. The van der Waals surface area contributed by atoms with Gasteiger partial charge in [-0.25, -0.2) is 9.59 Å². The van der Waals surface area contributed by atoms with Gasteiger partial charge in [0.05, 0.1) is 11.1 Å². The zero-order valence-corrected chi connectivity index (χ0v) is 12.2. The van der Waals surface area contributed by atoms with Crippen LogP contribution in [0.5, 0.6) is 0 Å². The molecule has 0 amide bonds. The van der Waals surface area contributed by atoms with Gasteiger partial charge in [0, 0.05) is 0 Å². The quantitative estimate of drug-likeness (QED) is 0.769. The number of benzene rings is 2. The zero-order valence-electron chi connectivity index (χ0n) is 12.2. The van der Waals surface area contributed by atoms with Crippen molar-refractivity contribution < 1.29 is 19.1 Å². The lowest BCUT2D eigenvalue weighted by atomic mass is 10.2. The van der Waals surface area contributed by atoms with Crippen molar-refractivity contribution in [2.24, 2.45) is 10.2 Å². The Labute approximate surface area is 132 Å². The number of carbonyl (C=O) groups excluding carboxylic acids is 2.